The lowest BCUT2D eigenvalue weighted by atomic mass is 10.1. The van der Waals surface area contributed by atoms with E-state index in [0.29, 0.717) is 11.1 Å². The van der Waals surface area contributed by atoms with Crippen molar-refractivity contribution in [1.82, 2.24) is 0 Å². The second-order valence-electron chi connectivity index (χ2n) is 3.12. The third kappa shape index (κ3) is 1.13. The zero-order valence-corrected chi connectivity index (χ0v) is 8.21. The van der Waals surface area contributed by atoms with Crippen molar-refractivity contribution in [2.24, 2.45) is 5.73 Å². The van der Waals surface area contributed by atoms with E-state index in [2.05, 4.69) is 0 Å². The maximum Gasteiger partial charge on any atom is 0.202 e. The molecule has 74 valence electrons. The zero-order valence-electron chi connectivity index (χ0n) is 7.40. The van der Waals surface area contributed by atoms with Crippen molar-refractivity contribution in [2.45, 2.75) is 4.90 Å². The Bertz CT molecular complexity index is 518. The first kappa shape index (κ1) is 9.23. The largest absolute Gasteiger partial charge is 0.398 e. The second kappa shape index (κ2) is 2.83. The van der Waals surface area contributed by atoms with Crippen molar-refractivity contribution in [3.63, 3.8) is 0 Å². The minimum Gasteiger partial charge on any atom is -0.398 e. The molecule has 0 aromatic heterocycles. The summed E-state index contributed by atoms with van der Waals surface area (Å²) >= 11 is 0. The minimum atomic E-state index is -3.36. The molecule has 5 heteroatoms. The van der Waals surface area contributed by atoms with E-state index in [1.807, 2.05) is 0 Å². The van der Waals surface area contributed by atoms with E-state index in [9.17, 15) is 8.42 Å². The Morgan fingerprint density at radius 1 is 1.29 bits per heavy atom. The second-order valence-corrected chi connectivity index (χ2v) is 4.85. The highest BCUT2D eigenvalue weighted by molar-refractivity contribution is 7.95. The molecule has 1 heterocycles. The van der Waals surface area contributed by atoms with Gasteiger partial charge in [0.1, 0.15) is 4.90 Å². The van der Waals surface area contributed by atoms with Crippen LogP contribution in [0.15, 0.2) is 28.5 Å². The molecule has 0 saturated heterocycles. The molecule has 1 aliphatic rings. The summed E-state index contributed by atoms with van der Waals surface area (Å²) in [5, 5.41) is 1.19. The van der Waals surface area contributed by atoms with Crippen LogP contribution in [0.2, 0.25) is 0 Å². The Morgan fingerprint density at radius 2 is 2.00 bits per heavy atom. The maximum absolute atomic E-state index is 11.6. The number of rotatable bonds is 1. The first-order valence-electron chi connectivity index (χ1n) is 4.11. The summed E-state index contributed by atoms with van der Waals surface area (Å²) in [6, 6.07) is 5.01. The van der Waals surface area contributed by atoms with Crippen LogP contribution in [0.5, 0.6) is 0 Å². The quantitative estimate of drug-likeness (QED) is 0.655. The Morgan fingerprint density at radius 3 is 2.64 bits per heavy atom. The van der Waals surface area contributed by atoms with Gasteiger partial charge < -0.3 is 11.5 Å². The fourth-order valence-corrected chi connectivity index (χ4v) is 3.21. The summed E-state index contributed by atoms with van der Waals surface area (Å²) < 4.78 is 23.3. The topological polar surface area (TPSA) is 86.2 Å². The number of sulfone groups is 1. The molecule has 0 atom stereocenters. The van der Waals surface area contributed by atoms with E-state index in [1.54, 1.807) is 18.2 Å². The van der Waals surface area contributed by atoms with Crippen LogP contribution in [0.3, 0.4) is 0 Å². The molecule has 0 unspecified atom stereocenters. The van der Waals surface area contributed by atoms with Crippen LogP contribution in [0.1, 0.15) is 5.56 Å². The summed E-state index contributed by atoms with van der Waals surface area (Å²) in [6.45, 7) is 0.204. The van der Waals surface area contributed by atoms with Gasteiger partial charge in [-0.1, -0.05) is 12.1 Å². The van der Waals surface area contributed by atoms with Crippen molar-refractivity contribution >= 4 is 21.1 Å². The first-order chi connectivity index (χ1) is 6.56. The van der Waals surface area contributed by atoms with Crippen molar-refractivity contribution in [2.75, 3.05) is 12.3 Å². The summed E-state index contributed by atoms with van der Waals surface area (Å²) in [5.41, 5.74) is 12.6. The molecule has 1 aliphatic heterocycles. The van der Waals surface area contributed by atoms with E-state index in [4.69, 9.17) is 11.5 Å². The predicted octanol–water partition coefficient (Wildman–Crippen LogP) is 0.356. The van der Waals surface area contributed by atoms with Crippen LogP contribution in [0.25, 0.3) is 5.57 Å². The number of nitrogens with two attached hydrogens (primary N) is 2. The summed E-state index contributed by atoms with van der Waals surface area (Å²) in [6.07, 6.45) is 0. The highest BCUT2D eigenvalue weighted by atomic mass is 32.2. The summed E-state index contributed by atoms with van der Waals surface area (Å²) in [7, 11) is -3.36. The van der Waals surface area contributed by atoms with Gasteiger partial charge in [0, 0.05) is 17.5 Å². The number of hydrogen-bond donors (Lipinski definition) is 2. The first-order valence-corrected chi connectivity index (χ1v) is 5.65. The molecule has 0 aliphatic carbocycles. The van der Waals surface area contributed by atoms with Crippen molar-refractivity contribution < 1.29 is 8.42 Å². The molecule has 14 heavy (non-hydrogen) atoms. The van der Waals surface area contributed by atoms with Gasteiger partial charge in [-0.15, -0.1) is 0 Å². The van der Waals surface area contributed by atoms with Gasteiger partial charge in [-0.3, -0.25) is 0 Å². The number of nitrogen functional groups attached to an aromatic ring is 1. The third-order valence-electron chi connectivity index (χ3n) is 2.19. The molecule has 0 saturated carbocycles. The molecular formula is C9H10N2O2S. The van der Waals surface area contributed by atoms with Crippen molar-refractivity contribution in [3.8, 4) is 0 Å². The summed E-state index contributed by atoms with van der Waals surface area (Å²) in [5.74, 6) is 0. The zero-order chi connectivity index (χ0) is 10.3. The Labute approximate surface area is 82.1 Å². The Kier molecular flexibility index (Phi) is 1.87. The third-order valence-corrected chi connectivity index (χ3v) is 3.81. The molecule has 1 aromatic carbocycles. The van der Waals surface area contributed by atoms with E-state index in [1.165, 1.54) is 5.41 Å². The molecule has 0 bridgehead atoms. The molecule has 0 fully saturated rings. The minimum absolute atomic E-state index is 0.195. The van der Waals surface area contributed by atoms with Gasteiger partial charge in [-0.25, -0.2) is 8.42 Å². The molecule has 0 radical (unpaired) electrons. The predicted molar refractivity (Wildman–Crippen MR) is 55.1 cm³/mol. The SMILES string of the molecule is NCC1=CS(=O)(=O)c2c(N)cccc21. The van der Waals surface area contributed by atoms with E-state index in [-0.39, 0.29) is 17.1 Å². The number of fused-ring (bicyclic) bond motifs is 1. The van der Waals surface area contributed by atoms with E-state index < -0.39 is 9.84 Å². The average molecular weight is 210 g/mol. The smallest absolute Gasteiger partial charge is 0.202 e. The summed E-state index contributed by atoms with van der Waals surface area (Å²) in [4.78, 5) is 0.195. The fourth-order valence-electron chi connectivity index (χ4n) is 1.59. The van der Waals surface area contributed by atoms with Gasteiger partial charge in [0.25, 0.3) is 0 Å². The number of hydrogen-bond acceptors (Lipinski definition) is 4. The highest BCUT2D eigenvalue weighted by Crippen LogP contribution is 2.36. The maximum atomic E-state index is 11.6. The lowest BCUT2D eigenvalue weighted by molar-refractivity contribution is 0.606. The van der Waals surface area contributed by atoms with Crippen LogP contribution in [0, 0.1) is 0 Å². The molecule has 2 rings (SSSR count). The van der Waals surface area contributed by atoms with Crippen molar-refractivity contribution in [1.29, 1.82) is 0 Å². The molecule has 1 aromatic rings. The van der Waals surface area contributed by atoms with Gasteiger partial charge in [0.2, 0.25) is 9.84 Å². The Balaban J connectivity index is 2.82. The van der Waals surface area contributed by atoms with Gasteiger partial charge in [-0.05, 0) is 11.6 Å². The molecule has 0 spiro atoms. The van der Waals surface area contributed by atoms with Gasteiger partial charge in [0.15, 0.2) is 0 Å². The van der Waals surface area contributed by atoms with Crippen molar-refractivity contribution in [3.05, 3.63) is 29.2 Å². The van der Waals surface area contributed by atoms with Crippen LogP contribution < -0.4 is 11.5 Å². The highest BCUT2D eigenvalue weighted by Gasteiger charge is 2.27. The monoisotopic (exact) mass is 210 g/mol. The standard InChI is InChI=1S/C9H10N2O2S/c10-4-6-5-14(12,13)9-7(6)2-1-3-8(9)11/h1-3,5H,4,10-11H2. The lowest BCUT2D eigenvalue weighted by Gasteiger charge is -2.03. The Hall–Kier alpha value is -1.33. The molecule has 4 nitrogen and oxygen atoms in total. The molecule has 4 N–H and O–H groups in total. The molecular weight excluding hydrogens is 200 g/mol. The van der Waals surface area contributed by atoms with Crippen LogP contribution in [0.4, 0.5) is 5.69 Å². The van der Waals surface area contributed by atoms with Gasteiger partial charge >= 0.3 is 0 Å². The fraction of sp³-hybridized carbons (Fsp3) is 0.111. The molecule has 0 amide bonds. The normalized spacial score (nSPS) is 17.6. The van der Waals surface area contributed by atoms with E-state index >= 15 is 0 Å². The van der Waals surface area contributed by atoms with Crippen LogP contribution in [-0.4, -0.2) is 15.0 Å². The number of anilines is 1. The average Bonchev–Trinajstić information content (AvgIpc) is 2.39. The lowest BCUT2D eigenvalue weighted by Crippen LogP contribution is -2.02. The van der Waals surface area contributed by atoms with E-state index in [0.717, 1.165) is 0 Å². The van der Waals surface area contributed by atoms with Crippen LogP contribution in [-0.2, 0) is 9.84 Å². The van der Waals surface area contributed by atoms with Gasteiger partial charge in [-0.2, -0.15) is 0 Å². The number of benzene rings is 1. The van der Waals surface area contributed by atoms with Gasteiger partial charge in [0.05, 0.1) is 5.69 Å². The van der Waals surface area contributed by atoms with Crippen LogP contribution >= 0.6 is 0 Å².